The zero-order valence-electron chi connectivity index (χ0n) is 18.2. The molecule has 0 bridgehead atoms. The Morgan fingerprint density at radius 1 is 1.13 bits per heavy atom. The first-order valence-corrected chi connectivity index (χ1v) is 10.6. The number of anilines is 1. The fourth-order valence-electron chi connectivity index (χ4n) is 4.16. The van der Waals surface area contributed by atoms with Gasteiger partial charge in [0.15, 0.2) is 0 Å². The predicted octanol–water partition coefficient (Wildman–Crippen LogP) is 3.03. The van der Waals surface area contributed by atoms with Gasteiger partial charge in [0.2, 0.25) is 5.91 Å². The standard InChI is InChI=1S/C24H33N3O3/c1-18-14-21(6-9-24(18)30-3)16-27-12-11-26(17-23(27)10-13-28)15-20-4-7-22(8-5-20)25-19(2)29/h4-9,14,23,28H,10-13,15-17H2,1-3H3,(H,25,29)/t23-/m0/s1. The van der Waals surface area contributed by atoms with Crippen molar-refractivity contribution in [3.05, 3.63) is 59.2 Å². The zero-order chi connectivity index (χ0) is 21.5. The molecule has 1 aliphatic heterocycles. The molecule has 2 N–H and O–H groups in total. The van der Waals surface area contributed by atoms with E-state index in [1.165, 1.54) is 18.1 Å². The summed E-state index contributed by atoms with van der Waals surface area (Å²) in [5, 5.41) is 12.4. The number of nitrogens with zero attached hydrogens (tertiary/aromatic N) is 2. The van der Waals surface area contributed by atoms with Crippen molar-refractivity contribution in [2.75, 3.05) is 38.7 Å². The van der Waals surface area contributed by atoms with E-state index in [1.54, 1.807) is 7.11 Å². The van der Waals surface area contributed by atoms with Crippen molar-refractivity contribution in [1.82, 2.24) is 9.80 Å². The molecule has 6 nitrogen and oxygen atoms in total. The van der Waals surface area contributed by atoms with E-state index >= 15 is 0 Å². The lowest BCUT2D eigenvalue weighted by atomic mass is 10.0. The zero-order valence-corrected chi connectivity index (χ0v) is 18.2. The fraction of sp³-hybridized carbons (Fsp3) is 0.458. The van der Waals surface area contributed by atoms with Gasteiger partial charge in [-0.25, -0.2) is 0 Å². The number of carbonyl (C=O) groups is 1. The number of aryl methyl sites for hydroxylation is 1. The number of methoxy groups -OCH3 is 1. The van der Waals surface area contributed by atoms with Crippen LogP contribution >= 0.6 is 0 Å². The van der Waals surface area contributed by atoms with Gasteiger partial charge in [-0.3, -0.25) is 14.6 Å². The Kier molecular flexibility index (Phi) is 7.85. The second kappa shape index (κ2) is 10.6. The molecule has 0 aliphatic carbocycles. The highest BCUT2D eigenvalue weighted by Gasteiger charge is 2.26. The summed E-state index contributed by atoms with van der Waals surface area (Å²) in [6, 6.07) is 14.7. The highest BCUT2D eigenvalue weighted by atomic mass is 16.5. The van der Waals surface area contributed by atoms with Crippen LogP contribution in [0.15, 0.2) is 42.5 Å². The van der Waals surface area contributed by atoms with Crippen LogP contribution < -0.4 is 10.1 Å². The molecule has 1 amide bonds. The number of amides is 1. The Bertz CT molecular complexity index is 838. The molecule has 3 rings (SSSR count). The molecule has 2 aromatic rings. The van der Waals surface area contributed by atoms with Crippen LogP contribution in [0.3, 0.4) is 0 Å². The normalized spacial score (nSPS) is 17.7. The van der Waals surface area contributed by atoms with Gasteiger partial charge in [-0.15, -0.1) is 0 Å². The number of benzene rings is 2. The summed E-state index contributed by atoms with van der Waals surface area (Å²) in [5.41, 5.74) is 4.48. The molecule has 0 radical (unpaired) electrons. The Labute approximate surface area is 179 Å². The second-order valence-corrected chi connectivity index (χ2v) is 8.05. The van der Waals surface area contributed by atoms with Crippen LogP contribution in [-0.4, -0.2) is 60.2 Å². The maximum absolute atomic E-state index is 11.2. The van der Waals surface area contributed by atoms with E-state index in [2.05, 4.69) is 46.3 Å². The summed E-state index contributed by atoms with van der Waals surface area (Å²) in [6.45, 7) is 8.44. The quantitative estimate of drug-likeness (QED) is 0.699. The average molecular weight is 412 g/mol. The third-order valence-corrected chi connectivity index (χ3v) is 5.68. The summed E-state index contributed by atoms with van der Waals surface area (Å²) in [5.74, 6) is 0.859. The number of nitrogens with one attached hydrogen (secondary N) is 1. The lowest BCUT2D eigenvalue weighted by molar-refractivity contribution is -0.114. The first-order chi connectivity index (χ1) is 14.5. The lowest BCUT2D eigenvalue weighted by Crippen LogP contribution is -2.52. The minimum Gasteiger partial charge on any atom is -0.496 e. The monoisotopic (exact) mass is 411 g/mol. The van der Waals surface area contributed by atoms with Crippen LogP contribution in [0.2, 0.25) is 0 Å². The molecule has 0 unspecified atom stereocenters. The first kappa shape index (κ1) is 22.3. The number of rotatable bonds is 8. The van der Waals surface area contributed by atoms with Crippen molar-refractivity contribution in [3.63, 3.8) is 0 Å². The van der Waals surface area contributed by atoms with Crippen LogP contribution in [0, 0.1) is 6.92 Å². The van der Waals surface area contributed by atoms with E-state index in [9.17, 15) is 9.90 Å². The van der Waals surface area contributed by atoms with Gasteiger partial charge >= 0.3 is 0 Å². The molecule has 6 heteroatoms. The number of aliphatic hydroxyl groups is 1. The van der Waals surface area contributed by atoms with Crippen molar-refractivity contribution in [1.29, 1.82) is 0 Å². The highest BCUT2D eigenvalue weighted by molar-refractivity contribution is 5.88. The maximum atomic E-state index is 11.2. The van der Waals surface area contributed by atoms with Crippen LogP contribution in [0.5, 0.6) is 5.75 Å². The van der Waals surface area contributed by atoms with Gasteiger partial charge in [0.05, 0.1) is 7.11 Å². The Morgan fingerprint density at radius 2 is 1.87 bits per heavy atom. The third-order valence-electron chi connectivity index (χ3n) is 5.68. The molecule has 0 spiro atoms. The number of piperazine rings is 1. The largest absolute Gasteiger partial charge is 0.496 e. The van der Waals surface area contributed by atoms with Crippen LogP contribution in [-0.2, 0) is 17.9 Å². The Hall–Kier alpha value is -2.41. The van der Waals surface area contributed by atoms with Gasteiger partial charge in [-0.1, -0.05) is 24.3 Å². The van der Waals surface area contributed by atoms with E-state index in [0.717, 1.165) is 56.1 Å². The third kappa shape index (κ3) is 6.05. The predicted molar refractivity (Wildman–Crippen MR) is 120 cm³/mol. The second-order valence-electron chi connectivity index (χ2n) is 8.05. The molecule has 1 atom stereocenters. The molecule has 1 fully saturated rings. The molecule has 1 heterocycles. The average Bonchev–Trinajstić information content (AvgIpc) is 2.71. The number of ether oxygens (including phenoxy) is 1. The van der Waals surface area contributed by atoms with Gasteiger partial charge in [-0.05, 0) is 48.2 Å². The summed E-state index contributed by atoms with van der Waals surface area (Å²) in [7, 11) is 1.70. The summed E-state index contributed by atoms with van der Waals surface area (Å²) >= 11 is 0. The molecule has 1 aliphatic rings. The summed E-state index contributed by atoms with van der Waals surface area (Å²) in [4.78, 5) is 16.1. The van der Waals surface area contributed by atoms with Gasteiger partial charge in [0, 0.05) is 58.0 Å². The minimum atomic E-state index is -0.0576. The molecular formula is C24H33N3O3. The van der Waals surface area contributed by atoms with E-state index in [0.29, 0.717) is 6.04 Å². The maximum Gasteiger partial charge on any atom is 0.221 e. The van der Waals surface area contributed by atoms with E-state index in [4.69, 9.17) is 4.74 Å². The van der Waals surface area contributed by atoms with Gasteiger partial charge in [-0.2, -0.15) is 0 Å². The molecule has 0 saturated carbocycles. The van der Waals surface area contributed by atoms with Crippen molar-refractivity contribution in [2.24, 2.45) is 0 Å². The lowest BCUT2D eigenvalue weighted by Gasteiger charge is -2.41. The van der Waals surface area contributed by atoms with Gasteiger partial charge in [0.1, 0.15) is 5.75 Å². The number of carbonyl (C=O) groups excluding carboxylic acids is 1. The number of aliphatic hydroxyl groups excluding tert-OH is 1. The van der Waals surface area contributed by atoms with Crippen LogP contribution in [0.25, 0.3) is 0 Å². The molecular weight excluding hydrogens is 378 g/mol. The number of hydrogen-bond donors (Lipinski definition) is 2. The van der Waals surface area contributed by atoms with Crippen molar-refractivity contribution < 1.29 is 14.6 Å². The molecule has 162 valence electrons. The van der Waals surface area contributed by atoms with E-state index in [-0.39, 0.29) is 12.5 Å². The topological polar surface area (TPSA) is 65.0 Å². The van der Waals surface area contributed by atoms with Crippen LogP contribution in [0.4, 0.5) is 5.69 Å². The van der Waals surface area contributed by atoms with Gasteiger partial charge < -0.3 is 15.2 Å². The molecule has 2 aromatic carbocycles. The van der Waals surface area contributed by atoms with Crippen molar-refractivity contribution in [2.45, 2.75) is 39.4 Å². The van der Waals surface area contributed by atoms with E-state index in [1.807, 2.05) is 18.2 Å². The van der Waals surface area contributed by atoms with E-state index < -0.39 is 0 Å². The van der Waals surface area contributed by atoms with Crippen molar-refractivity contribution in [3.8, 4) is 5.75 Å². The smallest absolute Gasteiger partial charge is 0.221 e. The fourth-order valence-corrected chi connectivity index (χ4v) is 4.16. The van der Waals surface area contributed by atoms with Crippen molar-refractivity contribution >= 4 is 11.6 Å². The molecule has 30 heavy (non-hydrogen) atoms. The Morgan fingerprint density at radius 3 is 2.50 bits per heavy atom. The SMILES string of the molecule is COc1ccc(CN2CCN(Cc3ccc(NC(C)=O)cc3)C[C@@H]2CCO)cc1C. The molecule has 1 saturated heterocycles. The highest BCUT2D eigenvalue weighted by Crippen LogP contribution is 2.23. The summed E-state index contributed by atoms with van der Waals surface area (Å²) < 4.78 is 5.37. The minimum absolute atomic E-state index is 0.0576. The van der Waals surface area contributed by atoms with Gasteiger partial charge in [0.25, 0.3) is 0 Å². The summed E-state index contributed by atoms with van der Waals surface area (Å²) in [6.07, 6.45) is 0.771. The Balaban J connectivity index is 1.60. The number of hydrogen-bond acceptors (Lipinski definition) is 5. The molecule has 0 aromatic heterocycles. The van der Waals surface area contributed by atoms with Crippen LogP contribution in [0.1, 0.15) is 30.0 Å². The first-order valence-electron chi connectivity index (χ1n) is 10.6.